The van der Waals surface area contributed by atoms with E-state index in [1.54, 1.807) is 0 Å². The van der Waals surface area contributed by atoms with Crippen LogP contribution in [0.4, 0.5) is 0 Å². The van der Waals surface area contributed by atoms with Crippen molar-refractivity contribution in [3.63, 3.8) is 0 Å². The van der Waals surface area contributed by atoms with E-state index >= 15 is 0 Å². The lowest BCUT2D eigenvalue weighted by molar-refractivity contribution is -0.157. The second kappa shape index (κ2) is 4.72. The van der Waals surface area contributed by atoms with Gasteiger partial charge in [0.1, 0.15) is 6.04 Å². The van der Waals surface area contributed by atoms with E-state index in [9.17, 15) is 14.4 Å². The highest BCUT2D eigenvalue weighted by molar-refractivity contribution is 6.08. The highest BCUT2D eigenvalue weighted by Crippen LogP contribution is 2.53. The zero-order valence-electron chi connectivity index (χ0n) is 11.7. The van der Waals surface area contributed by atoms with Gasteiger partial charge in [-0.25, -0.2) is 4.79 Å². The van der Waals surface area contributed by atoms with Crippen LogP contribution in [0.2, 0.25) is 0 Å². The number of hydrogen-bond donors (Lipinski definition) is 0. The third-order valence-electron chi connectivity index (χ3n) is 4.85. The molecule has 5 heteroatoms. The number of fused-ring (bicyclic) bond motifs is 5. The van der Waals surface area contributed by atoms with E-state index in [2.05, 4.69) is 0 Å². The van der Waals surface area contributed by atoms with Crippen molar-refractivity contribution in [1.29, 1.82) is 0 Å². The number of hydrogen-bond acceptors (Lipinski definition) is 4. The number of carbonyl (C=O) groups excluding carboxylic acids is 3. The Morgan fingerprint density at radius 2 is 1.85 bits per heavy atom. The van der Waals surface area contributed by atoms with Crippen molar-refractivity contribution in [2.24, 2.45) is 23.7 Å². The van der Waals surface area contributed by atoms with Crippen LogP contribution in [-0.2, 0) is 19.1 Å². The first-order valence-electron chi connectivity index (χ1n) is 7.23. The van der Waals surface area contributed by atoms with E-state index in [1.807, 2.05) is 19.1 Å². The topological polar surface area (TPSA) is 63.7 Å². The van der Waals surface area contributed by atoms with Gasteiger partial charge >= 0.3 is 5.97 Å². The third kappa shape index (κ3) is 1.65. The van der Waals surface area contributed by atoms with Crippen molar-refractivity contribution in [2.75, 3.05) is 7.11 Å². The summed E-state index contributed by atoms with van der Waals surface area (Å²) in [6.07, 6.45) is 6.18. The van der Waals surface area contributed by atoms with Gasteiger partial charge < -0.3 is 4.74 Å². The Bertz CT molecular complexity index is 468. The number of allylic oxidation sites excluding steroid dienone is 2. The quantitative estimate of drug-likeness (QED) is 0.439. The molecule has 2 bridgehead atoms. The van der Waals surface area contributed by atoms with Crippen LogP contribution in [0.15, 0.2) is 12.2 Å². The van der Waals surface area contributed by atoms with Crippen LogP contribution in [-0.4, -0.2) is 35.8 Å². The first kappa shape index (κ1) is 13.3. The van der Waals surface area contributed by atoms with Gasteiger partial charge in [0.2, 0.25) is 11.8 Å². The van der Waals surface area contributed by atoms with E-state index in [0.29, 0.717) is 6.42 Å². The molecule has 2 fully saturated rings. The third-order valence-corrected chi connectivity index (χ3v) is 4.85. The summed E-state index contributed by atoms with van der Waals surface area (Å²) in [5.74, 6) is -1.00. The van der Waals surface area contributed by atoms with Gasteiger partial charge in [-0.05, 0) is 24.7 Å². The molecule has 5 atom stereocenters. The molecule has 2 aliphatic carbocycles. The summed E-state index contributed by atoms with van der Waals surface area (Å²) in [5, 5.41) is 0. The molecule has 0 radical (unpaired) electrons. The normalized spacial score (nSPS) is 35.6. The van der Waals surface area contributed by atoms with E-state index in [-0.39, 0.29) is 35.5 Å². The standard InChI is InChI=1S/C15H19NO4/c1-3-4-10(15(19)20-2)16-13(17)11-8-5-6-9(7-8)12(11)14(16)18/h5-6,8-12H,3-4,7H2,1-2H3/t8-,9+,10-,11+,12-/m1/s1. The average Bonchev–Trinajstić information content (AvgIpc) is 3.11. The Balaban J connectivity index is 1.90. The minimum atomic E-state index is -0.755. The summed E-state index contributed by atoms with van der Waals surface area (Å²) in [4.78, 5) is 38.3. The van der Waals surface area contributed by atoms with Gasteiger partial charge in [0, 0.05) is 0 Å². The van der Waals surface area contributed by atoms with Crippen molar-refractivity contribution in [2.45, 2.75) is 32.2 Å². The molecule has 3 rings (SSSR count). The maximum absolute atomic E-state index is 12.6. The van der Waals surface area contributed by atoms with Crippen LogP contribution >= 0.6 is 0 Å². The maximum Gasteiger partial charge on any atom is 0.329 e. The van der Waals surface area contributed by atoms with Crippen molar-refractivity contribution in [3.8, 4) is 0 Å². The molecule has 2 amide bonds. The molecule has 1 saturated carbocycles. The molecule has 0 aromatic heterocycles. The van der Waals surface area contributed by atoms with E-state index < -0.39 is 12.0 Å². The Kier molecular flexibility index (Phi) is 3.15. The van der Waals surface area contributed by atoms with Crippen molar-refractivity contribution in [3.05, 3.63) is 12.2 Å². The van der Waals surface area contributed by atoms with Gasteiger partial charge in [0.15, 0.2) is 0 Å². The summed E-state index contributed by atoms with van der Waals surface area (Å²) < 4.78 is 4.76. The summed E-state index contributed by atoms with van der Waals surface area (Å²) in [7, 11) is 1.29. The van der Waals surface area contributed by atoms with Crippen LogP contribution in [0.1, 0.15) is 26.2 Å². The number of amides is 2. The number of ether oxygens (including phenoxy) is 1. The molecule has 108 valence electrons. The Morgan fingerprint density at radius 3 is 2.30 bits per heavy atom. The predicted octanol–water partition coefficient (Wildman–Crippen LogP) is 1.14. The minimum Gasteiger partial charge on any atom is -0.467 e. The number of methoxy groups -OCH3 is 1. The van der Waals surface area contributed by atoms with Crippen LogP contribution < -0.4 is 0 Å². The number of imide groups is 1. The van der Waals surface area contributed by atoms with Gasteiger partial charge in [0.25, 0.3) is 0 Å². The second-order valence-electron chi connectivity index (χ2n) is 5.87. The molecule has 5 nitrogen and oxygen atoms in total. The molecule has 1 heterocycles. The highest BCUT2D eigenvalue weighted by atomic mass is 16.5. The second-order valence-corrected chi connectivity index (χ2v) is 5.87. The minimum absolute atomic E-state index is 0.173. The first-order chi connectivity index (χ1) is 9.60. The molecule has 0 aromatic carbocycles. The fourth-order valence-corrected chi connectivity index (χ4v) is 3.99. The Morgan fingerprint density at radius 1 is 1.30 bits per heavy atom. The summed E-state index contributed by atoms with van der Waals surface area (Å²) >= 11 is 0. The molecule has 1 saturated heterocycles. The average molecular weight is 277 g/mol. The van der Waals surface area contributed by atoms with Gasteiger partial charge in [-0.2, -0.15) is 0 Å². The van der Waals surface area contributed by atoms with Crippen LogP contribution in [0.5, 0.6) is 0 Å². The molecule has 0 N–H and O–H groups in total. The van der Waals surface area contributed by atoms with Gasteiger partial charge in [-0.3, -0.25) is 14.5 Å². The van der Waals surface area contributed by atoms with Crippen molar-refractivity contribution >= 4 is 17.8 Å². The molecule has 20 heavy (non-hydrogen) atoms. The van der Waals surface area contributed by atoms with Crippen molar-refractivity contribution in [1.82, 2.24) is 4.90 Å². The fraction of sp³-hybridized carbons (Fsp3) is 0.667. The van der Waals surface area contributed by atoms with Gasteiger partial charge in [-0.1, -0.05) is 25.5 Å². The smallest absolute Gasteiger partial charge is 0.329 e. The number of likely N-dealkylation sites (tertiary alicyclic amines) is 1. The fourth-order valence-electron chi connectivity index (χ4n) is 3.99. The Labute approximate surface area is 117 Å². The summed E-state index contributed by atoms with van der Waals surface area (Å²) in [5.41, 5.74) is 0. The number of nitrogens with zero attached hydrogens (tertiary/aromatic N) is 1. The molecular weight excluding hydrogens is 258 g/mol. The number of carbonyl (C=O) groups is 3. The van der Waals surface area contributed by atoms with Crippen molar-refractivity contribution < 1.29 is 19.1 Å². The van der Waals surface area contributed by atoms with Crippen LogP contribution in [0, 0.1) is 23.7 Å². The lowest BCUT2D eigenvalue weighted by atomic mass is 9.85. The van der Waals surface area contributed by atoms with Crippen LogP contribution in [0.3, 0.4) is 0 Å². The monoisotopic (exact) mass is 277 g/mol. The SMILES string of the molecule is CCC[C@H](C(=O)OC)N1C(=O)[C@@H]2[C@H](C1=O)[C@H]1C=C[C@@H]2C1. The summed E-state index contributed by atoms with van der Waals surface area (Å²) in [6, 6.07) is -0.755. The van der Waals surface area contributed by atoms with E-state index in [0.717, 1.165) is 12.8 Å². The molecular formula is C15H19NO4. The largest absolute Gasteiger partial charge is 0.467 e. The molecule has 1 aliphatic heterocycles. The van der Waals surface area contributed by atoms with Crippen LogP contribution in [0.25, 0.3) is 0 Å². The molecule has 0 aromatic rings. The lowest BCUT2D eigenvalue weighted by Gasteiger charge is -2.25. The van der Waals surface area contributed by atoms with Gasteiger partial charge in [-0.15, -0.1) is 0 Å². The highest BCUT2D eigenvalue weighted by Gasteiger charge is 2.61. The molecule has 0 spiro atoms. The number of esters is 1. The zero-order valence-corrected chi connectivity index (χ0v) is 11.7. The Hall–Kier alpha value is -1.65. The first-order valence-corrected chi connectivity index (χ1v) is 7.23. The van der Waals surface area contributed by atoms with E-state index in [4.69, 9.17) is 4.74 Å². The summed E-state index contributed by atoms with van der Waals surface area (Å²) in [6.45, 7) is 1.92. The predicted molar refractivity (Wildman–Crippen MR) is 70.3 cm³/mol. The lowest BCUT2D eigenvalue weighted by Crippen LogP contribution is -2.46. The zero-order chi connectivity index (χ0) is 14.4. The van der Waals surface area contributed by atoms with Gasteiger partial charge in [0.05, 0.1) is 18.9 Å². The molecule has 0 unspecified atom stereocenters. The maximum atomic E-state index is 12.6. The van der Waals surface area contributed by atoms with E-state index in [1.165, 1.54) is 12.0 Å². The molecule has 3 aliphatic rings. The number of rotatable bonds is 4.